The Hall–Kier alpha value is -3.12. The van der Waals surface area contributed by atoms with Gasteiger partial charge in [0, 0.05) is 29.9 Å². The molecule has 0 spiro atoms. The summed E-state index contributed by atoms with van der Waals surface area (Å²) in [5, 5.41) is 0.697. The molecule has 152 valence electrons. The fraction of sp³-hybridized carbons (Fsp3) is 0.261. The lowest BCUT2D eigenvalue weighted by atomic mass is 10.1. The Balaban J connectivity index is 1.37. The summed E-state index contributed by atoms with van der Waals surface area (Å²) < 4.78 is 7.97. The van der Waals surface area contributed by atoms with Crippen molar-refractivity contribution in [3.8, 4) is 0 Å². The second-order valence-corrected chi connectivity index (χ2v) is 8.09. The highest BCUT2D eigenvalue weighted by molar-refractivity contribution is 6.30. The first kappa shape index (κ1) is 18.9. The summed E-state index contributed by atoms with van der Waals surface area (Å²) >= 11 is 6.07. The molecule has 0 saturated carbocycles. The van der Waals surface area contributed by atoms with Crippen LogP contribution in [0.3, 0.4) is 0 Å². The van der Waals surface area contributed by atoms with E-state index in [0.29, 0.717) is 29.6 Å². The lowest BCUT2D eigenvalue weighted by Gasteiger charge is -2.21. The Morgan fingerprint density at radius 2 is 2.13 bits per heavy atom. The van der Waals surface area contributed by atoms with Crippen molar-refractivity contribution >= 4 is 23.2 Å². The molecule has 1 atom stereocenters. The number of pyridine rings is 1. The van der Waals surface area contributed by atoms with Crippen molar-refractivity contribution in [2.24, 2.45) is 0 Å². The van der Waals surface area contributed by atoms with Crippen molar-refractivity contribution in [2.75, 3.05) is 6.54 Å². The minimum Gasteiger partial charge on any atom is -0.443 e. The van der Waals surface area contributed by atoms with Crippen LogP contribution in [-0.4, -0.2) is 31.7 Å². The lowest BCUT2D eigenvalue weighted by molar-refractivity contribution is 0.0709. The Kier molecular flexibility index (Phi) is 4.79. The molecule has 0 radical (unpaired) electrons. The fourth-order valence-corrected chi connectivity index (χ4v) is 4.28. The number of aromatic nitrogens is 3. The van der Waals surface area contributed by atoms with E-state index in [4.69, 9.17) is 16.0 Å². The third-order valence-corrected chi connectivity index (χ3v) is 5.79. The molecule has 1 aromatic carbocycles. The molecule has 3 aromatic heterocycles. The molecule has 6 nitrogen and oxygen atoms in total. The van der Waals surface area contributed by atoms with Gasteiger partial charge in [-0.15, -0.1) is 0 Å². The van der Waals surface area contributed by atoms with Crippen LogP contribution in [0.5, 0.6) is 0 Å². The molecule has 1 fully saturated rings. The van der Waals surface area contributed by atoms with E-state index in [0.717, 1.165) is 35.5 Å². The number of hydrogen-bond acceptors (Lipinski definition) is 4. The quantitative estimate of drug-likeness (QED) is 0.473. The van der Waals surface area contributed by atoms with Crippen LogP contribution < -0.4 is 0 Å². The number of aryl methyl sites for hydroxylation is 1. The maximum absolute atomic E-state index is 13.2. The fourth-order valence-electron chi connectivity index (χ4n) is 4.07. The van der Waals surface area contributed by atoms with Crippen molar-refractivity contribution in [1.82, 2.24) is 19.3 Å². The number of carbonyl (C=O) groups excluding carboxylic acids is 1. The van der Waals surface area contributed by atoms with Crippen LogP contribution in [0.4, 0.5) is 0 Å². The van der Waals surface area contributed by atoms with Crippen molar-refractivity contribution in [1.29, 1.82) is 0 Å². The SMILES string of the molecule is Cc1cccc2nc(C(=O)N3CCCC3c3ncc(Cc4cccc(Cl)c4)o3)cn12. The van der Waals surface area contributed by atoms with E-state index < -0.39 is 0 Å². The highest BCUT2D eigenvalue weighted by Crippen LogP contribution is 2.33. The third-order valence-electron chi connectivity index (χ3n) is 5.55. The van der Waals surface area contributed by atoms with E-state index in [-0.39, 0.29) is 11.9 Å². The molecule has 1 amide bonds. The van der Waals surface area contributed by atoms with E-state index in [9.17, 15) is 4.79 Å². The number of likely N-dealkylation sites (tertiary alicyclic amines) is 1. The van der Waals surface area contributed by atoms with Crippen molar-refractivity contribution in [3.05, 3.63) is 88.5 Å². The van der Waals surface area contributed by atoms with Crippen LogP contribution >= 0.6 is 11.6 Å². The number of hydrogen-bond donors (Lipinski definition) is 0. The molecular weight excluding hydrogens is 400 g/mol. The van der Waals surface area contributed by atoms with Gasteiger partial charge in [0.25, 0.3) is 5.91 Å². The summed E-state index contributed by atoms with van der Waals surface area (Å²) in [7, 11) is 0. The molecule has 4 heterocycles. The maximum atomic E-state index is 13.2. The smallest absolute Gasteiger partial charge is 0.274 e. The van der Waals surface area contributed by atoms with Gasteiger partial charge >= 0.3 is 0 Å². The summed E-state index contributed by atoms with van der Waals surface area (Å²) in [5.74, 6) is 1.25. The largest absolute Gasteiger partial charge is 0.443 e. The number of carbonyl (C=O) groups is 1. The van der Waals surface area contributed by atoms with Crippen molar-refractivity contribution in [2.45, 2.75) is 32.2 Å². The van der Waals surface area contributed by atoms with Crippen LogP contribution in [0, 0.1) is 6.92 Å². The molecule has 30 heavy (non-hydrogen) atoms. The number of rotatable bonds is 4. The predicted octanol–water partition coefficient (Wildman–Crippen LogP) is 4.85. The van der Waals surface area contributed by atoms with Crippen LogP contribution in [0.25, 0.3) is 5.65 Å². The molecular formula is C23H21ClN4O2. The van der Waals surface area contributed by atoms with Gasteiger partial charge in [-0.3, -0.25) is 4.79 Å². The molecule has 4 aromatic rings. The average molecular weight is 421 g/mol. The van der Waals surface area contributed by atoms with Gasteiger partial charge in [-0.05, 0) is 49.6 Å². The first-order chi connectivity index (χ1) is 14.6. The van der Waals surface area contributed by atoms with E-state index in [1.807, 2.05) is 64.9 Å². The standard InChI is InChI=1S/C23H21ClN4O2/c1-15-5-2-9-21-26-19(14-28(15)21)23(29)27-10-4-8-20(27)22-25-13-18(30-22)12-16-6-3-7-17(24)11-16/h2-3,5-7,9,11,13-14,20H,4,8,10,12H2,1H3. The van der Waals surface area contributed by atoms with E-state index in [1.54, 1.807) is 6.20 Å². The summed E-state index contributed by atoms with van der Waals surface area (Å²) in [6.45, 7) is 2.66. The Bertz CT molecular complexity index is 1230. The zero-order valence-corrected chi connectivity index (χ0v) is 17.3. The Labute approximate surface area is 179 Å². The highest BCUT2D eigenvalue weighted by Gasteiger charge is 2.34. The van der Waals surface area contributed by atoms with Gasteiger partial charge in [0.2, 0.25) is 5.89 Å². The Morgan fingerprint density at radius 3 is 2.97 bits per heavy atom. The van der Waals surface area contributed by atoms with Gasteiger partial charge in [0.15, 0.2) is 0 Å². The van der Waals surface area contributed by atoms with Crippen molar-refractivity contribution < 1.29 is 9.21 Å². The van der Waals surface area contributed by atoms with Gasteiger partial charge in [0.05, 0.1) is 6.20 Å². The minimum atomic E-state index is -0.170. The zero-order chi connectivity index (χ0) is 20.7. The van der Waals surface area contributed by atoms with Gasteiger partial charge < -0.3 is 13.7 Å². The number of benzene rings is 1. The topological polar surface area (TPSA) is 63.6 Å². The minimum absolute atomic E-state index is 0.0878. The van der Waals surface area contributed by atoms with Crippen molar-refractivity contribution in [3.63, 3.8) is 0 Å². The van der Waals surface area contributed by atoms with E-state index in [1.165, 1.54) is 0 Å². The Morgan fingerprint density at radius 1 is 1.27 bits per heavy atom. The number of oxazole rings is 1. The highest BCUT2D eigenvalue weighted by atomic mass is 35.5. The summed E-state index contributed by atoms with van der Waals surface area (Å²) in [6, 6.07) is 13.4. The lowest BCUT2D eigenvalue weighted by Crippen LogP contribution is -2.31. The zero-order valence-electron chi connectivity index (χ0n) is 16.6. The summed E-state index contributed by atoms with van der Waals surface area (Å²) in [6.07, 6.45) is 5.90. The van der Waals surface area contributed by atoms with E-state index >= 15 is 0 Å². The maximum Gasteiger partial charge on any atom is 0.274 e. The van der Waals surface area contributed by atoms with Crippen LogP contribution in [-0.2, 0) is 6.42 Å². The molecule has 1 saturated heterocycles. The first-order valence-corrected chi connectivity index (χ1v) is 10.4. The van der Waals surface area contributed by atoms with Gasteiger partial charge in [-0.2, -0.15) is 0 Å². The molecule has 1 aliphatic rings. The molecule has 1 unspecified atom stereocenters. The number of nitrogens with zero attached hydrogens (tertiary/aromatic N) is 4. The second-order valence-electron chi connectivity index (χ2n) is 7.65. The molecule has 0 aliphatic carbocycles. The average Bonchev–Trinajstić information content (AvgIpc) is 3.47. The number of imidazole rings is 1. The first-order valence-electron chi connectivity index (χ1n) is 10.0. The molecule has 7 heteroatoms. The number of halogens is 1. The summed E-state index contributed by atoms with van der Waals surface area (Å²) in [4.78, 5) is 24.0. The van der Waals surface area contributed by atoms with Gasteiger partial charge in [-0.25, -0.2) is 9.97 Å². The molecule has 1 aliphatic heterocycles. The predicted molar refractivity (Wildman–Crippen MR) is 114 cm³/mol. The van der Waals surface area contributed by atoms with Gasteiger partial charge in [0.1, 0.15) is 23.1 Å². The third kappa shape index (κ3) is 3.48. The van der Waals surface area contributed by atoms with Crippen LogP contribution in [0.15, 0.2) is 59.3 Å². The van der Waals surface area contributed by atoms with Crippen LogP contribution in [0.1, 0.15) is 52.3 Å². The summed E-state index contributed by atoms with van der Waals surface area (Å²) in [5.41, 5.74) is 3.32. The van der Waals surface area contributed by atoms with E-state index in [2.05, 4.69) is 9.97 Å². The molecule has 5 rings (SSSR count). The van der Waals surface area contributed by atoms with Crippen LogP contribution in [0.2, 0.25) is 5.02 Å². The molecule has 0 N–H and O–H groups in total. The monoisotopic (exact) mass is 420 g/mol. The second kappa shape index (κ2) is 7.61. The number of fused-ring (bicyclic) bond motifs is 1. The molecule has 0 bridgehead atoms. The normalized spacial score (nSPS) is 16.5. The van der Waals surface area contributed by atoms with Gasteiger partial charge in [-0.1, -0.05) is 29.8 Å². The number of amides is 1.